The highest BCUT2D eigenvalue weighted by atomic mass is 16.2. The molecule has 0 atom stereocenters. The molecule has 6 heteroatoms. The van der Waals surface area contributed by atoms with Crippen molar-refractivity contribution in [3.05, 3.63) is 24.4 Å². The van der Waals surface area contributed by atoms with Crippen LogP contribution in [0, 0.1) is 5.41 Å². The van der Waals surface area contributed by atoms with Gasteiger partial charge >= 0.3 is 0 Å². The van der Waals surface area contributed by atoms with Gasteiger partial charge in [0.05, 0.1) is 6.20 Å². The summed E-state index contributed by atoms with van der Waals surface area (Å²) in [6.45, 7) is 8.35. The van der Waals surface area contributed by atoms with Crippen LogP contribution >= 0.6 is 0 Å². The number of imide groups is 1. The first kappa shape index (κ1) is 16.9. The second-order valence-electron chi connectivity index (χ2n) is 7.38. The van der Waals surface area contributed by atoms with Crippen LogP contribution in [-0.2, 0) is 9.59 Å². The summed E-state index contributed by atoms with van der Waals surface area (Å²) in [4.78, 5) is 33.2. The average molecular weight is 332 g/mol. The number of anilines is 1. The first-order valence-electron chi connectivity index (χ1n) is 8.89. The first-order valence-corrected chi connectivity index (χ1v) is 8.89. The summed E-state index contributed by atoms with van der Waals surface area (Å²) >= 11 is 0. The SMILES string of the molecule is CCC1(C)CC(=O)N(C[NH+]2CCN(c3cccc[nH+]3)CC2)C(=O)C1. The molecule has 2 aliphatic heterocycles. The molecule has 0 spiro atoms. The zero-order valence-corrected chi connectivity index (χ0v) is 14.7. The van der Waals surface area contributed by atoms with Crippen LogP contribution in [0.4, 0.5) is 5.82 Å². The van der Waals surface area contributed by atoms with Gasteiger partial charge < -0.3 is 4.90 Å². The molecule has 0 radical (unpaired) electrons. The monoisotopic (exact) mass is 332 g/mol. The minimum atomic E-state index is -0.151. The highest BCUT2D eigenvalue weighted by Gasteiger charge is 2.41. The molecular weight excluding hydrogens is 304 g/mol. The molecule has 2 saturated heterocycles. The number of nitrogens with one attached hydrogen (secondary N) is 2. The van der Waals surface area contributed by atoms with E-state index in [2.05, 4.69) is 22.9 Å². The van der Waals surface area contributed by atoms with Crippen LogP contribution in [0.1, 0.15) is 33.1 Å². The fourth-order valence-corrected chi connectivity index (χ4v) is 3.58. The molecule has 3 heterocycles. The number of rotatable bonds is 4. The molecule has 1 aromatic heterocycles. The van der Waals surface area contributed by atoms with E-state index in [4.69, 9.17) is 0 Å². The molecule has 1 aromatic rings. The van der Waals surface area contributed by atoms with E-state index in [1.807, 2.05) is 25.3 Å². The summed E-state index contributed by atoms with van der Waals surface area (Å²) in [5.74, 6) is 1.13. The van der Waals surface area contributed by atoms with Gasteiger partial charge in [0.15, 0.2) is 6.67 Å². The van der Waals surface area contributed by atoms with Gasteiger partial charge in [-0.05, 0) is 17.9 Å². The summed E-state index contributed by atoms with van der Waals surface area (Å²) in [6.07, 6.45) is 3.79. The van der Waals surface area contributed by atoms with Crippen molar-refractivity contribution in [2.24, 2.45) is 5.41 Å². The highest BCUT2D eigenvalue weighted by molar-refractivity contribution is 5.98. The molecule has 6 nitrogen and oxygen atoms in total. The minimum absolute atomic E-state index is 0.00178. The number of likely N-dealkylation sites (tertiary alicyclic amines) is 1. The lowest BCUT2D eigenvalue weighted by atomic mass is 9.77. The number of nitrogens with zero attached hydrogens (tertiary/aromatic N) is 2. The van der Waals surface area contributed by atoms with Gasteiger partial charge in [0, 0.05) is 18.9 Å². The third-order valence-corrected chi connectivity index (χ3v) is 5.50. The molecule has 0 saturated carbocycles. The van der Waals surface area contributed by atoms with Crippen molar-refractivity contribution >= 4 is 17.6 Å². The lowest BCUT2D eigenvalue weighted by molar-refractivity contribution is -0.908. The smallest absolute Gasteiger partial charge is 0.274 e. The van der Waals surface area contributed by atoms with Crippen molar-refractivity contribution in [2.75, 3.05) is 37.7 Å². The largest absolute Gasteiger partial charge is 0.311 e. The molecule has 3 rings (SSSR count). The number of piperidine rings is 1. The number of carbonyl (C=O) groups excluding carboxylic acids is 2. The number of aromatic nitrogens is 1. The van der Waals surface area contributed by atoms with Crippen LogP contribution in [0.3, 0.4) is 0 Å². The summed E-state index contributed by atoms with van der Waals surface area (Å²) in [7, 11) is 0. The molecule has 0 aliphatic carbocycles. The molecule has 0 aromatic carbocycles. The van der Waals surface area contributed by atoms with E-state index in [1.54, 1.807) is 0 Å². The Morgan fingerprint density at radius 1 is 1.17 bits per heavy atom. The van der Waals surface area contributed by atoms with E-state index in [9.17, 15) is 9.59 Å². The summed E-state index contributed by atoms with van der Waals surface area (Å²) < 4.78 is 0. The normalized spacial score (nSPS) is 22.1. The van der Waals surface area contributed by atoms with Crippen LogP contribution < -0.4 is 14.8 Å². The van der Waals surface area contributed by atoms with Crippen LogP contribution in [-0.4, -0.2) is 49.6 Å². The topological polar surface area (TPSA) is 59.2 Å². The Morgan fingerprint density at radius 3 is 2.38 bits per heavy atom. The second kappa shape index (κ2) is 6.89. The first-order chi connectivity index (χ1) is 11.5. The van der Waals surface area contributed by atoms with Gasteiger partial charge in [0.25, 0.3) is 5.82 Å². The van der Waals surface area contributed by atoms with Gasteiger partial charge in [-0.25, -0.2) is 9.88 Å². The molecular formula is C18H28N4O2+2. The van der Waals surface area contributed by atoms with Gasteiger partial charge in [0.1, 0.15) is 26.2 Å². The molecule has 24 heavy (non-hydrogen) atoms. The Balaban J connectivity index is 1.55. The van der Waals surface area contributed by atoms with E-state index in [1.165, 1.54) is 9.80 Å². The fraction of sp³-hybridized carbons (Fsp3) is 0.611. The molecule has 2 fully saturated rings. The third kappa shape index (κ3) is 3.59. The molecule has 2 N–H and O–H groups in total. The van der Waals surface area contributed by atoms with Crippen LogP contribution in [0.2, 0.25) is 0 Å². The van der Waals surface area contributed by atoms with Gasteiger partial charge in [-0.1, -0.05) is 19.9 Å². The van der Waals surface area contributed by atoms with Crippen molar-refractivity contribution < 1.29 is 19.5 Å². The number of amides is 2. The lowest BCUT2D eigenvalue weighted by Crippen LogP contribution is -3.16. The Hall–Kier alpha value is -1.95. The standard InChI is InChI=1S/C18H26N4O2/c1-3-18(2)12-16(23)22(17(24)13-18)14-20-8-10-21(11-9-20)15-6-4-5-7-19-15/h4-7H,3,8-14H2,1-2H3/p+2. The van der Waals surface area contributed by atoms with Gasteiger partial charge in [-0.15, -0.1) is 0 Å². The Morgan fingerprint density at radius 2 is 1.83 bits per heavy atom. The van der Waals surface area contributed by atoms with Crippen molar-refractivity contribution in [3.8, 4) is 0 Å². The molecule has 2 aliphatic rings. The number of hydrogen-bond donors (Lipinski definition) is 1. The Kier molecular flexibility index (Phi) is 4.85. The van der Waals surface area contributed by atoms with E-state index in [-0.39, 0.29) is 17.2 Å². The molecule has 0 bridgehead atoms. The van der Waals surface area contributed by atoms with Crippen LogP contribution in [0.25, 0.3) is 0 Å². The Labute approximate surface area is 143 Å². The molecule has 2 amide bonds. The zero-order valence-electron chi connectivity index (χ0n) is 14.7. The predicted octanol–water partition coefficient (Wildman–Crippen LogP) is -0.272. The van der Waals surface area contributed by atoms with Gasteiger partial charge in [-0.3, -0.25) is 14.5 Å². The maximum absolute atomic E-state index is 12.4. The number of carbonyl (C=O) groups is 2. The van der Waals surface area contributed by atoms with E-state index < -0.39 is 0 Å². The quantitative estimate of drug-likeness (QED) is 0.772. The third-order valence-electron chi connectivity index (χ3n) is 5.50. The zero-order chi connectivity index (χ0) is 17.2. The number of quaternary nitrogens is 1. The Bertz CT molecular complexity index is 578. The van der Waals surface area contributed by atoms with Crippen molar-refractivity contribution in [1.29, 1.82) is 0 Å². The molecule has 130 valence electrons. The maximum atomic E-state index is 12.4. The summed E-state index contributed by atoms with van der Waals surface area (Å²) in [6, 6.07) is 6.08. The van der Waals surface area contributed by atoms with Gasteiger partial charge in [0.2, 0.25) is 11.8 Å². The van der Waals surface area contributed by atoms with Crippen LogP contribution in [0.15, 0.2) is 24.4 Å². The maximum Gasteiger partial charge on any atom is 0.274 e. The van der Waals surface area contributed by atoms with Crippen molar-refractivity contribution in [1.82, 2.24) is 4.90 Å². The lowest BCUT2D eigenvalue weighted by Gasteiger charge is -2.38. The van der Waals surface area contributed by atoms with E-state index in [0.29, 0.717) is 19.5 Å². The number of piperazine rings is 1. The number of aromatic amines is 1. The van der Waals surface area contributed by atoms with Crippen LogP contribution in [0.5, 0.6) is 0 Å². The second-order valence-corrected chi connectivity index (χ2v) is 7.38. The molecule has 0 unspecified atom stereocenters. The highest BCUT2D eigenvalue weighted by Crippen LogP contribution is 2.34. The van der Waals surface area contributed by atoms with Crippen molar-refractivity contribution in [2.45, 2.75) is 33.1 Å². The van der Waals surface area contributed by atoms with E-state index >= 15 is 0 Å². The average Bonchev–Trinajstić information content (AvgIpc) is 2.59. The number of hydrogen-bond acceptors (Lipinski definition) is 3. The van der Waals surface area contributed by atoms with Crippen molar-refractivity contribution in [3.63, 3.8) is 0 Å². The summed E-state index contributed by atoms with van der Waals surface area (Å²) in [5, 5.41) is 0. The fourth-order valence-electron chi connectivity index (χ4n) is 3.58. The van der Waals surface area contributed by atoms with E-state index in [0.717, 1.165) is 38.4 Å². The minimum Gasteiger partial charge on any atom is -0.311 e. The summed E-state index contributed by atoms with van der Waals surface area (Å²) in [5.41, 5.74) is -0.151. The van der Waals surface area contributed by atoms with Gasteiger partial charge in [-0.2, -0.15) is 0 Å². The number of pyridine rings is 1. The predicted molar refractivity (Wildman–Crippen MR) is 90.3 cm³/mol. The number of H-pyrrole nitrogens is 1.